The topological polar surface area (TPSA) is 26.5 Å². The maximum absolute atomic E-state index is 12.3. The van der Waals surface area contributed by atoms with Gasteiger partial charge in [-0.05, 0) is 54.8 Å². The summed E-state index contributed by atoms with van der Waals surface area (Å²) in [5, 5.41) is 2.07. The molecule has 0 bridgehead atoms. The second kappa shape index (κ2) is 6.80. The van der Waals surface area contributed by atoms with Gasteiger partial charge >= 0.3 is 6.61 Å². The van der Waals surface area contributed by atoms with Crippen LogP contribution in [0.2, 0.25) is 0 Å². The Labute approximate surface area is 147 Å². The predicted octanol–water partition coefficient (Wildman–Crippen LogP) is 5.39. The van der Waals surface area contributed by atoms with Crippen LogP contribution < -0.4 is 9.54 Å². The number of thiazole rings is 1. The highest BCUT2D eigenvalue weighted by Gasteiger charge is 2.27. The summed E-state index contributed by atoms with van der Waals surface area (Å²) in [4.78, 5) is 5.72. The van der Waals surface area contributed by atoms with Crippen LogP contribution in [0.4, 0.5) is 14.5 Å². The number of rotatable bonds is 5. The number of hydrogen-bond acceptors (Lipinski definition) is 3. The van der Waals surface area contributed by atoms with Crippen molar-refractivity contribution in [2.75, 3.05) is 0 Å². The second-order valence-electron chi connectivity index (χ2n) is 5.85. The molecular formula is C19H16F2N2OS. The summed E-state index contributed by atoms with van der Waals surface area (Å²) in [7, 11) is 0. The van der Waals surface area contributed by atoms with Crippen LogP contribution in [0, 0.1) is 0 Å². The average molecular weight is 358 g/mol. The first-order valence-corrected chi connectivity index (χ1v) is 8.94. The van der Waals surface area contributed by atoms with Crippen LogP contribution in [0.5, 0.6) is 5.75 Å². The minimum atomic E-state index is -2.81. The zero-order valence-electron chi connectivity index (χ0n) is 13.3. The van der Waals surface area contributed by atoms with Crippen LogP contribution in [0.3, 0.4) is 0 Å². The summed E-state index contributed by atoms with van der Waals surface area (Å²) in [6.07, 6.45) is 2.27. The molecule has 1 fully saturated rings. The van der Waals surface area contributed by atoms with Crippen molar-refractivity contribution >= 4 is 17.0 Å². The van der Waals surface area contributed by atoms with E-state index in [4.69, 9.17) is 4.99 Å². The van der Waals surface area contributed by atoms with Crippen molar-refractivity contribution in [3.05, 3.63) is 64.8 Å². The van der Waals surface area contributed by atoms with Crippen molar-refractivity contribution in [1.29, 1.82) is 0 Å². The van der Waals surface area contributed by atoms with Gasteiger partial charge in [0.2, 0.25) is 0 Å². The Kier molecular flexibility index (Phi) is 4.36. The second-order valence-corrected chi connectivity index (χ2v) is 6.69. The van der Waals surface area contributed by atoms with Gasteiger partial charge in [-0.15, -0.1) is 11.3 Å². The summed E-state index contributed by atoms with van der Waals surface area (Å²) in [6, 6.07) is 17.1. The highest BCUT2D eigenvalue weighted by atomic mass is 32.1. The predicted molar refractivity (Wildman–Crippen MR) is 94.3 cm³/mol. The van der Waals surface area contributed by atoms with Gasteiger partial charge in [0.15, 0.2) is 4.80 Å². The van der Waals surface area contributed by atoms with Crippen LogP contribution in [0.1, 0.15) is 18.9 Å². The highest BCUT2D eigenvalue weighted by Crippen LogP contribution is 2.38. The molecule has 1 heterocycles. The van der Waals surface area contributed by atoms with Gasteiger partial charge in [-0.1, -0.05) is 18.2 Å². The van der Waals surface area contributed by atoms with Gasteiger partial charge in [0.1, 0.15) is 5.75 Å². The van der Waals surface area contributed by atoms with Gasteiger partial charge in [0.05, 0.1) is 11.4 Å². The van der Waals surface area contributed by atoms with E-state index in [1.54, 1.807) is 23.5 Å². The maximum Gasteiger partial charge on any atom is 0.387 e. The number of hydrogen-bond donors (Lipinski definition) is 0. The normalized spacial score (nSPS) is 14.9. The van der Waals surface area contributed by atoms with E-state index in [9.17, 15) is 8.78 Å². The molecule has 1 aromatic heterocycles. The fraction of sp³-hybridized carbons (Fsp3) is 0.211. The fourth-order valence-corrected chi connectivity index (χ4v) is 3.70. The first-order chi connectivity index (χ1) is 12.2. The van der Waals surface area contributed by atoms with Crippen molar-refractivity contribution in [1.82, 2.24) is 4.57 Å². The molecule has 3 aromatic rings. The van der Waals surface area contributed by atoms with Gasteiger partial charge < -0.3 is 9.30 Å². The van der Waals surface area contributed by atoms with E-state index in [2.05, 4.69) is 14.7 Å². The minimum absolute atomic E-state index is 0.168. The van der Waals surface area contributed by atoms with Crippen molar-refractivity contribution in [3.63, 3.8) is 0 Å². The van der Waals surface area contributed by atoms with Crippen LogP contribution in [-0.4, -0.2) is 11.2 Å². The molecule has 1 aliphatic carbocycles. The van der Waals surface area contributed by atoms with Crippen molar-refractivity contribution in [2.45, 2.75) is 25.5 Å². The lowest BCUT2D eigenvalue weighted by molar-refractivity contribution is -0.0498. The minimum Gasteiger partial charge on any atom is -0.435 e. The smallest absolute Gasteiger partial charge is 0.387 e. The lowest BCUT2D eigenvalue weighted by Crippen LogP contribution is -2.14. The van der Waals surface area contributed by atoms with E-state index in [1.807, 2.05) is 42.5 Å². The number of halogens is 2. The van der Waals surface area contributed by atoms with E-state index in [0.717, 1.165) is 34.6 Å². The summed E-state index contributed by atoms with van der Waals surface area (Å²) in [6.45, 7) is -2.81. The molecule has 128 valence electrons. The monoisotopic (exact) mass is 358 g/mol. The third-order valence-corrected chi connectivity index (χ3v) is 4.85. The molecule has 0 aliphatic heterocycles. The number of alkyl halides is 2. The van der Waals surface area contributed by atoms with Gasteiger partial charge in [-0.3, -0.25) is 0 Å². The molecule has 1 saturated carbocycles. The lowest BCUT2D eigenvalue weighted by Gasteiger charge is -2.09. The molecule has 0 atom stereocenters. The zero-order valence-corrected chi connectivity index (χ0v) is 14.1. The number of para-hydroxylation sites is 1. The van der Waals surface area contributed by atoms with Crippen molar-refractivity contribution < 1.29 is 13.5 Å². The average Bonchev–Trinajstić information content (AvgIpc) is 3.37. The van der Waals surface area contributed by atoms with Gasteiger partial charge in [0, 0.05) is 11.4 Å². The first kappa shape index (κ1) is 16.0. The number of ether oxygens (including phenoxy) is 1. The third kappa shape index (κ3) is 3.64. The van der Waals surface area contributed by atoms with E-state index in [-0.39, 0.29) is 5.75 Å². The van der Waals surface area contributed by atoms with E-state index in [0.29, 0.717) is 6.04 Å². The SMILES string of the molecule is FC(F)Oc1ccc(-c2csc(=Nc3ccccc3)n2C2CC2)cc1. The first-order valence-electron chi connectivity index (χ1n) is 8.06. The lowest BCUT2D eigenvalue weighted by atomic mass is 10.1. The summed E-state index contributed by atoms with van der Waals surface area (Å²) in [5.74, 6) is 0.168. The van der Waals surface area contributed by atoms with Crippen LogP contribution in [0.15, 0.2) is 65.0 Å². The number of nitrogens with zero attached hydrogens (tertiary/aromatic N) is 2. The number of benzene rings is 2. The molecule has 0 saturated heterocycles. The maximum atomic E-state index is 12.3. The molecule has 3 nitrogen and oxygen atoms in total. The Balaban J connectivity index is 1.72. The van der Waals surface area contributed by atoms with Gasteiger partial charge in [-0.2, -0.15) is 8.78 Å². The van der Waals surface area contributed by atoms with E-state index >= 15 is 0 Å². The molecular weight excluding hydrogens is 342 g/mol. The largest absolute Gasteiger partial charge is 0.435 e. The van der Waals surface area contributed by atoms with Crippen LogP contribution in [0.25, 0.3) is 11.3 Å². The Morgan fingerprint density at radius 1 is 1.04 bits per heavy atom. The third-order valence-electron chi connectivity index (χ3n) is 4.01. The molecule has 0 amide bonds. The fourth-order valence-electron chi connectivity index (χ4n) is 2.72. The molecule has 4 rings (SSSR count). The van der Waals surface area contributed by atoms with Crippen molar-refractivity contribution in [3.8, 4) is 17.0 Å². The molecule has 25 heavy (non-hydrogen) atoms. The Bertz CT molecular complexity index is 913. The molecule has 0 spiro atoms. The summed E-state index contributed by atoms with van der Waals surface area (Å²) in [5.41, 5.74) is 2.95. The Hall–Kier alpha value is -2.47. The Morgan fingerprint density at radius 3 is 2.40 bits per heavy atom. The zero-order chi connectivity index (χ0) is 17.2. The van der Waals surface area contributed by atoms with Crippen molar-refractivity contribution in [2.24, 2.45) is 4.99 Å². The molecule has 2 aromatic carbocycles. The molecule has 0 radical (unpaired) electrons. The number of aromatic nitrogens is 1. The molecule has 1 aliphatic rings. The van der Waals surface area contributed by atoms with Gasteiger partial charge in [-0.25, -0.2) is 4.99 Å². The summed E-state index contributed by atoms with van der Waals surface area (Å²) >= 11 is 1.59. The van der Waals surface area contributed by atoms with Crippen LogP contribution in [-0.2, 0) is 0 Å². The molecule has 6 heteroatoms. The standard InChI is InChI=1S/C19H16F2N2OS/c20-18(21)24-16-10-6-13(7-11-16)17-12-25-19(23(17)15-8-9-15)22-14-4-2-1-3-5-14/h1-7,10-12,15,18H,8-9H2. The molecule has 0 N–H and O–H groups in total. The van der Waals surface area contributed by atoms with Crippen LogP contribution >= 0.6 is 11.3 Å². The summed E-state index contributed by atoms with van der Waals surface area (Å²) < 4.78 is 31.3. The Morgan fingerprint density at radius 2 is 1.76 bits per heavy atom. The molecule has 0 unspecified atom stereocenters. The van der Waals surface area contributed by atoms with E-state index in [1.165, 1.54) is 0 Å². The van der Waals surface area contributed by atoms with Gasteiger partial charge in [0.25, 0.3) is 0 Å². The highest BCUT2D eigenvalue weighted by molar-refractivity contribution is 7.07. The van der Waals surface area contributed by atoms with E-state index < -0.39 is 6.61 Å². The quantitative estimate of drug-likeness (QED) is 0.601.